The number of carbonyl (C=O) groups excluding carboxylic acids is 4. The van der Waals surface area contributed by atoms with Gasteiger partial charge in [-0.1, -0.05) is 66.7 Å². The smallest absolute Gasteiger partial charge is 0.326 e. The highest BCUT2D eigenvalue weighted by molar-refractivity contribution is 5.95. The van der Waals surface area contributed by atoms with Crippen molar-refractivity contribution in [3.05, 3.63) is 101 Å². The van der Waals surface area contributed by atoms with Crippen molar-refractivity contribution >= 4 is 29.6 Å². The third-order valence-electron chi connectivity index (χ3n) is 7.75. The van der Waals surface area contributed by atoms with Gasteiger partial charge in [-0.05, 0) is 47.2 Å². The maximum absolute atomic E-state index is 13.9. The zero-order valence-corrected chi connectivity index (χ0v) is 24.6. The lowest BCUT2D eigenvalue weighted by Gasteiger charge is -2.38. The predicted octanol–water partition coefficient (Wildman–Crippen LogP) is 0.778. The minimum Gasteiger partial charge on any atom is -0.508 e. The number of carboxylic acids is 1. The quantitative estimate of drug-likeness (QED) is 0.162. The van der Waals surface area contributed by atoms with Gasteiger partial charge in [-0.2, -0.15) is 0 Å². The first-order valence-corrected chi connectivity index (χ1v) is 14.6. The molecule has 4 rings (SSSR count). The number of phenols is 1. The number of amides is 4. The Hall–Kier alpha value is -5.23. The van der Waals surface area contributed by atoms with Crippen LogP contribution in [0.3, 0.4) is 0 Å². The van der Waals surface area contributed by atoms with Crippen molar-refractivity contribution in [1.82, 2.24) is 15.5 Å². The summed E-state index contributed by atoms with van der Waals surface area (Å²) in [5, 5.41) is 24.4. The maximum Gasteiger partial charge on any atom is 0.326 e. The van der Waals surface area contributed by atoms with E-state index in [9.17, 15) is 34.2 Å². The Kier molecular flexibility index (Phi) is 10.9. The van der Waals surface area contributed by atoms with Gasteiger partial charge in [-0.25, -0.2) is 4.79 Å². The Bertz CT molecular complexity index is 1530. The van der Waals surface area contributed by atoms with Crippen LogP contribution < -0.4 is 22.1 Å². The van der Waals surface area contributed by atoms with E-state index in [0.29, 0.717) is 5.56 Å². The van der Waals surface area contributed by atoms with Crippen LogP contribution in [0.15, 0.2) is 78.9 Å². The summed E-state index contributed by atoms with van der Waals surface area (Å²) in [7, 11) is 0. The van der Waals surface area contributed by atoms with Gasteiger partial charge in [0.25, 0.3) is 0 Å². The zero-order valence-electron chi connectivity index (χ0n) is 24.6. The summed E-state index contributed by atoms with van der Waals surface area (Å²) in [6.45, 7) is 0.125. The molecule has 3 aromatic carbocycles. The molecule has 0 saturated heterocycles. The average molecular weight is 616 g/mol. The number of carboxylic acid groups (broad SMARTS) is 1. The Morgan fingerprint density at radius 3 is 2.09 bits per heavy atom. The number of hydrogen-bond donors (Lipinski definition) is 6. The molecule has 1 aliphatic heterocycles. The van der Waals surface area contributed by atoms with E-state index in [-0.39, 0.29) is 44.4 Å². The van der Waals surface area contributed by atoms with Gasteiger partial charge in [0, 0.05) is 25.8 Å². The summed E-state index contributed by atoms with van der Waals surface area (Å²) >= 11 is 0. The molecule has 12 nitrogen and oxygen atoms in total. The molecule has 1 heterocycles. The fourth-order valence-corrected chi connectivity index (χ4v) is 5.32. The fourth-order valence-electron chi connectivity index (χ4n) is 5.32. The Balaban J connectivity index is 1.58. The number of phenolic OH excluding ortho intramolecular Hbond substituents is 1. The normalized spacial score (nSPS) is 16.0. The highest BCUT2D eigenvalue weighted by Gasteiger charge is 2.38. The molecular weight excluding hydrogens is 578 g/mol. The molecule has 8 N–H and O–H groups in total. The Morgan fingerprint density at radius 2 is 1.44 bits per heavy atom. The van der Waals surface area contributed by atoms with Crippen molar-refractivity contribution in [3.8, 4) is 5.75 Å². The summed E-state index contributed by atoms with van der Waals surface area (Å²) in [6, 6.07) is 18.0. The molecule has 4 amide bonds. The molecule has 4 atom stereocenters. The lowest BCUT2D eigenvalue weighted by atomic mass is 9.92. The first kappa shape index (κ1) is 32.7. The molecule has 0 bridgehead atoms. The monoisotopic (exact) mass is 615 g/mol. The van der Waals surface area contributed by atoms with Crippen LogP contribution in [-0.4, -0.2) is 68.9 Å². The summed E-state index contributed by atoms with van der Waals surface area (Å²) in [4.78, 5) is 65.6. The number of aliphatic carboxylic acids is 1. The van der Waals surface area contributed by atoms with Crippen molar-refractivity contribution in [3.63, 3.8) is 0 Å². The van der Waals surface area contributed by atoms with Crippen molar-refractivity contribution < 1.29 is 34.2 Å². The lowest BCUT2D eigenvalue weighted by molar-refractivity contribution is -0.144. The molecule has 0 aliphatic carbocycles. The molecule has 1 aliphatic rings. The van der Waals surface area contributed by atoms with Crippen LogP contribution in [0, 0.1) is 0 Å². The van der Waals surface area contributed by atoms with Crippen LogP contribution in [0.5, 0.6) is 5.75 Å². The van der Waals surface area contributed by atoms with Gasteiger partial charge in [0.15, 0.2) is 0 Å². The second-order valence-corrected chi connectivity index (χ2v) is 11.1. The maximum atomic E-state index is 13.9. The number of rotatable bonds is 13. The molecule has 236 valence electrons. The van der Waals surface area contributed by atoms with Gasteiger partial charge >= 0.3 is 5.97 Å². The van der Waals surface area contributed by atoms with Gasteiger partial charge in [0.1, 0.15) is 23.9 Å². The second kappa shape index (κ2) is 15.0. The number of nitrogens with two attached hydrogens (primary N) is 2. The SMILES string of the molecule is NC(=O)CCC(NC(=O)C(Cc1ccccc1)NC(=O)C1Cc2ccccc2CN1C(=O)C(N)Cc1ccc(O)cc1)C(=O)O. The van der Waals surface area contributed by atoms with E-state index >= 15 is 0 Å². The number of primary amides is 1. The fraction of sp³-hybridized carbons (Fsp3) is 0.303. The van der Waals surface area contributed by atoms with Crippen molar-refractivity contribution in [1.29, 1.82) is 0 Å². The number of benzene rings is 3. The van der Waals surface area contributed by atoms with Crippen LogP contribution in [0.2, 0.25) is 0 Å². The highest BCUT2D eigenvalue weighted by atomic mass is 16.4. The van der Waals surface area contributed by atoms with Crippen molar-refractivity contribution in [2.24, 2.45) is 11.5 Å². The summed E-state index contributed by atoms with van der Waals surface area (Å²) in [5.41, 5.74) is 14.7. The van der Waals surface area contributed by atoms with Crippen molar-refractivity contribution in [2.45, 2.75) is 62.8 Å². The molecule has 0 radical (unpaired) electrons. The summed E-state index contributed by atoms with van der Waals surface area (Å²) in [5.74, 6) is -3.80. The number of nitrogens with zero attached hydrogens (tertiary/aromatic N) is 1. The number of hydrogen-bond acceptors (Lipinski definition) is 7. The third kappa shape index (κ3) is 8.89. The third-order valence-corrected chi connectivity index (χ3v) is 7.75. The minimum atomic E-state index is -1.40. The van der Waals surface area contributed by atoms with Crippen LogP contribution in [0.4, 0.5) is 0 Å². The average Bonchev–Trinajstić information content (AvgIpc) is 3.02. The van der Waals surface area contributed by atoms with Gasteiger partial charge in [-0.3, -0.25) is 19.2 Å². The van der Waals surface area contributed by atoms with Gasteiger partial charge in [0.2, 0.25) is 23.6 Å². The van der Waals surface area contributed by atoms with Crippen molar-refractivity contribution in [2.75, 3.05) is 0 Å². The molecule has 0 fully saturated rings. The first-order chi connectivity index (χ1) is 21.5. The van der Waals surface area contributed by atoms with Gasteiger partial charge < -0.3 is 37.2 Å². The Morgan fingerprint density at radius 1 is 0.822 bits per heavy atom. The summed E-state index contributed by atoms with van der Waals surface area (Å²) in [6.07, 6.45) is -0.0840. The van der Waals surface area contributed by atoms with Gasteiger partial charge in [0.05, 0.1) is 6.04 Å². The van der Waals surface area contributed by atoms with Gasteiger partial charge in [-0.15, -0.1) is 0 Å². The van der Waals surface area contributed by atoms with E-state index in [1.54, 1.807) is 42.5 Å². The molecule has 45 heavy (non-hydrogen) atoms. The number of fused-ring (bicyclic) bond motifs is 1. The standard InChI is InChI=1S/C33H37N5O7/c34-25(16-21-10-12-24(39)13-11-21)32(43)38-19-23-9-5-4-8-22(23)18-28(38)31(42)37-27(17-20-6-2-1-3-7-20)30(41)36-26(33(44)45)14-15-29(35)40/h1-13,25-28,39H,14-19,34H2,(H2,35,40)(H,36,41)(H,37,42)(H,44,45). The number of carbonyl (C=O) groups is 5. The van der Waals surface area contributed by atoms with Crippen LogP contribution in [0.1, 0.15) is 35.1 Å². The van der Waals surface area contributed by atoms with Crippen LogP contribution >= 0.6 is 0 Å². The lowest BCUT2D eigenvalue weighted by Crippen LogP contribution is -2.60. The van der Waals surface area contributed by atoms with E-state index in [4.69, 9.17) is 11.5 Å². The molecule has 3 aromatic rings. The Labute approximate surface area is 260 Å². The molecule has 4 unspecified atom stereocenters. The van der Waals surface area contributed by atoms with E-state index in [2.05, 4.69) is 10.6 Å². The van der Waals surface area contributed by atoms with Crippen LogP contribution in [-0.2, 0) is 49.8 Å². The van der Waals surface area contributed by atoms with E-state index in [1.807, 2.05) is 24.3 Å². The van der Waals surface area contributed by atoms with E-state index < -0.39 is 53.8 Å². The number of nitrogens with one attached hydrogen (secondary N) is 2. The van der Waals surface area contributed by atoms with Crippen LogP contribution in [0.25, 0.3) is 0 Å². The summed E-state index contributed by atoms with van der Waals surface area (Å²) < 4.78 is 0. The molecule has 0 aromatic heterocycles. The first-order valence-electron chi connectivity index (χ1n) is 14.6. The zero-order chi connectivity index (χ0) is 32.5. The predicted molar refractivity (Wildman–Crippen MR) is 164 cm³/mol. The van der Waals surface area contributed by atoms with E-state index in [1.165, 1.54) is 17.0 Å². The molecule has 0 spiro atoms. The highest BCUT2D eigenvalue weighted by Crippen LogP contribution is 2.25. The topological polar surface area (TPSA) is 205 Å². The molecular formula is C33H37N5O7. The number of aromatic hydroxyl groups is 1. The largest absolute Gasteiger partial charge is 0.508 e. The van der Waals surface area contributed by atoms with E-state index in [0.717, 1.165) is 16.7 Å². The minimum absolute atomic E-state index is 0.0399. The second-order valence-electron chi connectivity index (χ2n) is 11.1. The molecule has 0 saturated carbocycles. The molecule has 12 heteroatoms.